The van der Waals surface area contributed by atoms with Gasteiger partial charge in [0, 0.05) is 18.5 Å². The molecule has 0 aliphatic carbocycles. The quantitative estimate of drug-likeness (QED) is 0.707. The van der Waals surface area contributed by atoms with Crippen molar-refractivity contribution in [2.75, 3.05) is 13.2 Å². The van der Waals surface area contributed by atoms with Gasteiger partial charge in [0.15, 0.2) is 0 Å². The molecule has 1 rings (SSSR count). The third kappa shape index (κ3) is 7.32. The minimum Gasteiger partial charge on any atom is -0.491 e. The third-order valence-corrected chi connectivity index (χ3v) is 3.15. The monoisotopic (exact) mass is 316 g/mol. The van der Waals surface area contributed by atoms with E-state index in [-0.39, 0.29) is 43.4 Å². The van der Waals surface area contributed by atoms with E-state index in [4.69, 9.17) is 10.5 Å². The SMILES string of the molecule is Cc1cccc(OCC(O)CNC(=O)C(C)C(C)N)c1.Cl. The van der Waals surface area contributed by atoms with E-state index in [2.05, 4.69) is 5.32 Å². The average molecular weight is 317 g/mol. The van der Waals surface area contributed by atoms with E-state index in [0.29, 0.717) is 5.75 Å². The highest BCUT2D eigenvalue weighted by atomic mass is 35.5. The van der Waals surface area contributed by atoms with Gasteiger partial charge in [-0.05, 0) is 31.5 Å². The first-order valence-corrected chi connectivity index (χ1v) is 6.81. The second-order valence-electron chi connectivity index (χ2n) is 5.17. The number of amides is 1. The molecule has 6 heteroatoms. The van der Waals surface area contributed by atoms with Crippen molar-refractivity contribution in [2.24, 2.45) is 11.7 Å². The van der Waals surface area contributed by atoms with E-state index in [1.165, 1.54) is 0 Å². The number of aliphatic hydroxyl groups excluding tert-OH is 1. The van der Waals surface area contributed by atoms with Crippen molar-refractivity contribution < 1.29 is 14.6 Å². The smallest absolute Gasteiger partial charge is 0.224 e. The largest absolute Gasteiger partial charge is 0.491 e. The predicted octanol–water partition coefficient (Wildman–Crippen LogP) is 1.26. The lowest BCUT2D eigenvalue weighted by atomic mass is 10.0. The number of halogens is 1. The standard InChI is InChI=1S/C15H24N2O3.ClH/c1-10-5-4-6-14(7-10)20-9-13(18)8-17-15(19)11(2)12(3)16;/h4-7,11-13,18H,8-9,16H2,1-3H3,(H,17,19);1H. The fourth-order valence-corrected chi connectivity index (χ4v) is 1.57. The van der Waals surface area contributed by atoms with Crippen molar-refractivity contribution in [1.29, 1.82) is 0 Å². The molecule has 21 heavy (non-hydrogen) atoms. The molecule has 0 spiro atoms. The number of nitrogens with two attached hydrogens (primary N) is 1. The number of aliphatic hydroxyl groups is 1. The van der Waals surface area contributed by atoms with Crippen molar-refractivity contribution in [3.8, 4) is 5.75 Å². The number of aryl methyl sites for hydroxylation is 1. The van der Waals surface area contributed by atoms with Crippen LogP contribution in [0.2, 0.25) is 0 Å². The van der Waals surface area contributed by atoms with Crippen LogP contribution in [0.3, 0.4) is 0 Å². The summed E-state index contributed by atoms with van der Waals surface area (Å²) in [4.78, 5) is 11.7. The second kappa shape index (κ2) is 9.60. The van der Waals surface area contributed by atoms with Gasteiger partial charge in [-0.1, -0.05) is 19.1 Å². The van der Waals surface area contributed by atoms with Crippen LogP contribution in [0.25, 0.3) is 0 Å². The molecule has 0 radical (unpaired) electrons. The van der Waals surface area contributed by atoms with Crippen molar-refractivity contribution in [3.63, 3.8) is 0 Å². The zero-order chi connectivity index (χ0) is 15.1. The van der Waals surface area contributed by atoms with Crippen molar-refractivity contribution >= 4 is 18.3 Å². The zero-order valence-electron chi connectivity index (χ0n) is 12.7. The summed E-state index contributed by atoms with van der Waals surface area (Å²) in [6.45, 7) is 5.80. The Labute approximate surface area is 132 Å². The molecule has 0 heterocycles. The van der Waals surface area contributed by atoms with Crippen LogP contribution in [0.15, 0.2) is 24.3 Å². The summed E-state index contributed by atoms with van der Waals surface area (Å²) in [5, 5.41) is 12.4. The molecule has 0 aromatic heterocycles. The highest BCUT2D eigenvalue weighted by Gasteiger charge is 2.17. The molecule has 5 nitrogen and oxygen atoms in total. The molecule has 3 atom stereocenters. The Balaban J connectivity index is 0.00000400. The van der Waals surface area contributed by atoms with Gasteiger partial charge in [0.25, 0.3) is 0 Å². The normalized spacial score (nSPS) is 14.5. The molecule has 120 valence electrons. The van der Waals surface area contributed by atoms with E-state index in [1.54, 1.807) is 13.8 Å². The van der Waals surface area contributed by atoms with Gasteiger partial charge >= 0.3 is 0 Å². The molecule has 0 fully saturated rings. The van der Waals surface area contributed by atoms with Gasteiger partial charge in [0.1, 0.15) is 18.5 Å². The van der Waals surface area contributed by atoms with Crippen LogP contribution in [0.4, 0.5) is 0 Å². The number of carbonyl (C=O) groups is 1. The summed E-state index contributed by atoms with van der Waals surface area (Å²) in [5.41, 5.74) is 6.74. The first-order valence-electron chi connectivity index (χ1n) is 6.81. The molecule has 1 aromatic rings. The first-order chi connectivity index (χ1) is 9.40. The van der Waals surface area contributed by atoms with E-state index < -0.39 is 6.10 Å². The van der Waals surface area contributed by atoms with Crippen LogP contribution in [0, 0.1) is 12.8 Å². The molecular weight excluding hydrogens is 292 g/mol. The number of hydrogen-bond acceptors (Lipinski definition) is 4. The van der Waals surface area contributed by atoms with Crippen LogP contribution in [0.5, 0.6) is 5.75 Å². The number of rotatable bonds is 7. The molecule has 0 saturated heterocycles. The highest BCUT2D eigenvalue weighted by Crippen LogP contribution is 2.12. The molecule has 0 bridgehead atoms. The second-order valence-corrected chi connectivity index (χ2v) is 5.17. The molecule has 0 aliphatic rings. The maximum absolute atomic E-state index is 11.7. The van der Waals surface area contributed by atoms with Crippen molar-refractivity contribution in [3.05, 3.63) is 29.8 Å². The van der Waals surface area contributed by atoms with Crippen LogP contribution < -0.4 is 15.8 Å². The van der Waals surface area contributed by atoms with Crippen LogP contribution in [-0.2, 0) is 4.79 Å². The fraction of sp³-hybridized carbons (Fsp3) is 0.533. The van der Waals surface area contributed by atoms with Gasteiger partial charge in [0.05, 0.1) is 0 Å². The molecule has 1 amide bonds. The maximum Gasteiger partial charge on any atom is 0.224 e. The molecule has 3 unspecified atom stereocenters. The number of nitrogens with one attached hydrogen (secondary N) is 1. The Bertz CT molecular complexity index is 441. The molecule has 0 aliphatic heterocycles. The van der Waals surface area contributed by atoms with Gasteiger partial charge in [-0.2, -0.15) is 0 Å². The molecule has 0 saturated carbocycles. The van der Waals surface area contributed by atoms with E-state index in [1.807, 2.05) is 31.2 Å². The Kier molecular flexibility index (Phi) is 9.01. The van der Waals surface area contributed by atoms with Crippen molar-refractivity contribution in [2.45, 2.75) is 32.9 Å². The molecular formula is C15H25ClN2O3. The lowest BCUT2D eigenvalue weighted by molar-refractivity contribution is -0.125. The van der Waals surface area contributed by atoms with Crippen LogP contribution in [-0.4, -0.2) is 36.3 Å². The minimum atomic E-state index is -0.750. The number of hydrogen-bond donors (Lipinski definition) is 3. The van der Waals surface area contributed by atoms with Gasteiger partial charge in [0.2, 0.25) is 5.91 Å². The third-order valence-electron chi connectivity index (χ3n) is 3.15. The Hall–Kier alpha value is -1.30. The summed E-state index contributed by atoms with van der Waals surface area (Å²) in [7, 11) is 0. The van der Waals surface area contributed by atoms with Crippen LogP contribution in [0.1, 0.15) is 19.4 Å². The summed E-state index contributed by atoms with van der Waals surface area (Å²) < 4.78 is 5.46. The molecule has 4 N–H and O–H groups in total. The summed E-state index contributed by atoms with van der Waals surface area (Å²) in [6.07, 6.45) is -0.750. The number of benzene rings is 1. The first kappa shape index (κ1) is 19.7. The van der Waals surface area contributed by atoms with Crippen LogP contribution >= 0.6 is 12.4 Å². The van der Waals surface area contributed by atoms with Crippen molar-refractivity contribution in [1.82, 2.24) is 5.32 Å². The summed E-state index contributed by atoms with van der Waals surface area (Å²) in [6, 6.07) is 7.37. The topological polar surface area (TPSA) is 84.6 Å². The summed E-state index contributed by atoms with van der Waals surface area (Å²) in [5.74, 6) is 0.272. The van der Waals surface area contributed by atoms with Gasteiger partial charge in [-0.3, -0.25) is 4.79 Å². The number of carbonyl (C=O) groups excluding carboxylic acids is 1. The van der Waals surface area contributed by atoms with Gasteiger partial charge in [-0.15, -0.1) is 12.4 Å². The lowest BCUT2D eigenvalue weighted by Gasteiger charge is -2.17. The minimum absolute atomic E-state index is 0. The Morgan fingerprint density at radius 2 is 2.10 bits per heavy atom. The van der Waals surface area contributed by atoms with E-state index in [9.17, 15) is 9.90 Å². The Morgan fingerprint density at radius 1 is 1.43 bits per heavy atom. The fourth-order valence-electron chi connectivity index (χ4n) is 1.57. The van der Waals surface area contributed by atoms with E-state index >= 15 is 0 Å². The maximum atomic E-state index is 11.7. The summed E-state index contributed by atoms with van der Waals surface area (Å²) >= 11 is 0. The van der Waals surface area contributed by atoms with E-state index in [0.717, 1.165) is 5.56 Å². The predicted molar refractivity (Wildman–Crippen MR) is 85.8 cm³/mol. The zero-order valence-corrected chi connectivity index (χ0v) is 13.5. The van der Waals surface area contributed by atoms with Gasteiger partial charge in [-0.25, -0.2) is 0 Å². The lowest BCUT2D eigenvalue weighted by Crippen LogP contribution is -2.42. The Morgan fingerprint density at radius 3 is 2.67 bits per heavy atom. The van der Waals surface area contributed by atoms with Gasteiger partial charge < -0.3 is 20.9 Å². The number of ether oxygens (including phenoxy) is 1. The average Bonchev–Trinajstić information content (AvgIpc) is 2.41. The highest BCUT2D eigenvalue weighted by molar-refractivity contribution is 5.85. The molecule has 1 aromatic carbocycles.